The van der Waals surface area contributed by atoms with Gasteiger partial charge in [-0.2, -0.15) is 0 Å². The van der Waals surface area contributed by atoms with Crippen molar-refractivity contribution in [1.29, 1.82) is 0 Å². The van der Waals surface area contributed by atoms with E-state index in [0.29, 0.717) is 17.7 Å². The van der Waals surface area contributed by atoms with E-state index in [4.69, 9.17) is 16.3 Å². The predicted molar refractivity (Wildman–Crippen MR) is 114 cm³/mol. The molecule has 0 aromatic heterocycles. The molecule has 0 unspecified atom stereocenters. The highest BCUT2D eigenvalue weighted by Gasteiger charge is 2.21. The maximum absolute atomic E-state index is 12.2. The highest BCUT2D eigenvalue weighted by atomic mass is 35.5. The summed E-state index contributed by atoms with van der Waals surface area (Å²) in [6, 6.07) is 15.0. The first kappa shape index (κ1) is 21.3. The molecule has 0 saturated carbocycles. The Morgan fingerprint density at radius 2 is 1.72 bits per heavy atom. The molecule has 1 aliphatic rings. The van der Waals surface area contributed by atoms with E-state index in [1.165, 1.54) is 5.56 Å². The van der Waals surface area contributed by atoms with Crippen molar-refractivity contribution in [1.82, 2.24) is 10.2 Å². The van der Waals surface area contributed by atoms with Crippen molar-refractivity contribution in [3.8, 4) is 5.75 Å². The van der Waals surface area contributed by atoms with Crippen molar-refractivity contribution in [2.24, 2.45) is 0 Å². The van der Waals surface area contributed by atoms with Crippen molar-refractivity contribution in [3.05, 3.63) is 64.7 Å². The number of likely N-dealkylation sites (tertiary alicyclic amines) is 1. The van der Waals surface area contributed by atoms with E-state index in [9.17, 15) is 9.59 Å². The molecule has 2 aromatic carbocycles. The fourth-order valence-electron chi connectivity index (χ4n) is 3.44. The standard InChI is InChI=1S/C23H27ClN2O3/c1-2-22(27)18-5-9-21(10-6-18)29-16-23(28)25-20-11-13-26(14-12-20)15-17-3-7-19(24)8-4-17/h3-10,20H,2,11-16H2,1H3,(H,25,28). The lowest BCUT2D eigenvalue weighted by Gasteiger charge is -2.32. The van der Waals surface area contributed by atoms with Crippen LogP contribution in [-0.2, 0) is 11.3 Å². The Balaban J connectivity index is 1.37. The van der Waals surface area contributed by atoms with Crippen LogP contribution in [0, 0.1) is 0 Å². The minimum absolute atomic E-state index is 0.0218. The van der Waals surface area contributed by atoms with Gasteiger partial charge in [-0.25, -0.2) is 0 Å². The van der Waals surface area contributed by atoms with E-state index in [2.05, 4.69) is 22.3 Å². The van der Waals surface area contributed by atoms with Gasteiger partial charge in [0.15, 0.2) is 12.4 Å². The number of benzene rings is 2. The molecular weight excluding hydrogens is 388 g/mol. The molecule has 2 aromatic rings. The van der Waals surface area contributed by atoms with Crippen LogP contribution >= 0.6 is 11.6 Å². The summed E-state index contributed by atoms with van der Waals surface area (Å²) in [4.78, 5) is 26.2. The van der Waals surface area contributed by atoms with Gasteiger partial charge in [0.2, 0.25) is 0 Å². The topological polar surface area (TPSA) is 58.6 Å². The quantitative estimate of drug-likeness (QED) is 0.661. The summed E-state index contributed by atoms with van der Waals surface area (Å²) in [5.41, 5.74) is 1.91. The van der Waals surface area contributed by atoms with E-state index in [0.717, 1.165) is 37.5 Å². The summed E-state index contributed by atoms with van der Waals surface area (Å²) < 4.78 is 5.54. The molecule has 29 heavy (non-hydrogen) atoms. The van der Waals surface area contributed by atoms with Crippen LogP contribution in [0.15, 0.2) is 48.5 Å². The Hall–Kier alpha value is -2.37. The second-order valence-electron chi connectivity index (χ2n) is 7.33. The van der Waals surface area contributed by atoms with Gasteiger partial charge in [0.05, 0.1) is 0 Å². The monoisotopic (exact) mass is 414 g/mol. The van der Waals surface area contributed by atoms with Gasteiger partial charge in [-0.1, -0.05) is 30.7 Å². The Morgan fingerprint density at radius 3 is 2.34 bits per heavy atom. The molecule has 1 N–H and O–H groups in total. The number of hydrogen-bond donors (Lipinski definition) is 1. The van der Waals surface area contributed by atoms with Crippen molar-refractivity contribution in [3.63, 3.8) is 0 Å². The predicted octanol–water partition coefficient (Wildman–Crippen LogP) is 4.09. The van der Waals surface area contributed by atoms with Crippen LogP contribution in [-0.4, -0.2) is 42.3 Å². The van der Waals surface area contributed by atoms with Crippen molar-refractivity contribution in [2.45, 2.75) is 38.8 Å². The molecule has 1 heterocycles. The molecule has 1 amide bonds. The number of ether oxygens (including phenoxy) is 1. The second-order valence-corrected chi connectivity index (χ2v) is 7.77. The maximum atomic E-state index is 12.2. The third-order valence-electron chi connectivity index (χ3n) is 5.14. The summed E-state index contributed by atoms with van der Waals surface area (Å²) in [5.74, 6) is 0.567. The van der Waals surface area contributed by atoms with Crippen molar-refractivity contribution >= 4 is 23.3 Å². The van der Waals surface area contributed by atoms with E-state index >= 15 is 0 Å². The summed E-state index contributed by atoms with van der Waals surface area (Å²) in [7, 11) is 0. The SMILES string of the molecule is CCC(=O)c1ccc(OCC(=O)NC2CCN(Cc3ccc(Cl)cc3)CC2)cc1. The molecule has 1 fully saturated rings. The number of halogens is 1. The summed E-state index contributed by atoms with van der Waals surface area (Å²) in [6.07, 6.45) is 2.32. The van der Waals surface area contributed by atoms with Gasteiger partial charge in [0.25, 0.3) is 5.91 Å². The van der Waals surface area contributed by atoms with Crippen LogP contribution in [0.1, 0.15) is 42.1 Å². The van der Waals surface area contributed by atoms with Crippen molar-refractivity contribution in [2.75, 3.05) is 19.7 Å². The number of Topliss-reactive ketones (excluding diaryl/α,β-unsaturated/α-hetero) is 1. The molecular formula is C23H27ClN2O3. The molecule has 3 rings (SSSR count). The summed E-state index contributed by atoms with van der Waals surface area (Å²) in [6.45, 7) is 4.60. The molecule has 0 radical (unpaired) electrons. The average molecular weight is 415 g/mol. The van der Waals surface area contributed by atoms with Gasteiger partial charge >= 0.3 is 0 Å². The average Bonchev–Trinajstić information content (AvgIpc) is 2.75. The number of carbonyl (C=O) groups excluding carboxylic acids is 2. The molecule has 6 heteroatoms. The smallest absolute Gasteiger partial charge is 0.258 e. The number of nitrogens with zero attached hydrogens (tertiary/aromatic N) is 1. The fourth-order valence-corrected chi connectivity index (χ4v) is 3.57. The van der Waals surface area contributed by atoms with E-state index in [-0.39, 0.29) is 24.3 Å². The van der Waals surface area contributed by atoms with Crippen LogP contribution in [0.4, 0.5) is 0 Å². The van der Waals surface area contributed by atoms with Gasteiger partial charge < -0.3 is 10.1 Å². The largest absolute Gasteiger partial charge is 0.484 e. The van der Waals surface area contributed by atoms with Gasteiger partial charge in [0, 0.05) is 42.7 Å². The first-order chi connectivity index (χ1) is 14.0. The van der Waals surface area contributed by atoms with Gasteiger partial charge in [-0.3, -0.25) is 14.5 Å². The highest BCUT2D eigenvalue weighted by molar-refractivity contribution is 6.30. The van der Waals surface area contributed by atoms with Gasteiger partial charge in [0.1, 0.15) is 5.75 Å². The number of ketones is 1. The molecule has 0 bridgehead atoms. The first-order valence-corrected chi connectivity index (χ1v) is 10.4. The minimum atomic E-state index is -0.116. The van der Waals surface area contributed by atoms with Crippen LogP contribution in [0.3, 0.4) is 0 Å². The summed E-state index contributed by atoms with van der Waals surface area (Å²) in [5, 5.41) is 3.81. The molecule has 1 aliphatic heterocycles. The van der Waals surface area contributed by atoms with Gasteiger partial charge in [-0.15, -0.1) is 0 Å². The lowest BCUT2D eigenvalue weighted by molar-refractivity contribution is -0.124. The lowest BCUT2D eigenvalue weighted by atomic mass is 10.0. The molecule has 0 spiro atoms. The van der Waals surface area contributed by atoms with Crippen molar-refractivity contribution < 1.29 is 14.3 Å². The first-order valence-electron chi connectivity index (χ1n) is 10.1. The van der Waals surface area contributed by atoms with E-state index in [1.54, 1.807) is 24.3 Å². The molecule has 0 atom stereocenters. The Kier molecular flexibility index (Phi) is 7.67. The van der Waals surface area contributed by atoms with E-state index < -0.39 is 0 Å². The minimum Gasteiger partial charge on any atom is -0.484 e. The van der Waals surface area contributed by atoms with Crippen LogP contribution in [0.25, 0.3) is 0 Å². The zero-order valence-electron chi connectivity index (χ0n) is 16.7. The third kappa shape index (κ3) is 6.58. The molecule has 1 saturated heterocycles. The molecule has 0 aliphatic carbocycles. The number of amides is 1. The summed E-state index contributed by atoms with van der Waals surface area (Å²) >= 11 is 5.93. The zero-order valence-corrected chi connectivity index (χ0v) is 17.5. The third-order valence-corrected chi connectivity index (χ3v) is 5.39. The molecule has 5 nitrogen and oxygen atoms in total. The fraction of sp³-hybridized carbons (Fsp3) is 0.391. The normalized spacial score (nSPS) is 15.1. The number of nitrogens with one attached hydrogen (secondary N) is 1. The Bertz CT molecular complexity index is 813. The Labute approximate surface area is 177 Å². The number of piperidine rings is 1. The lowest BCUT2D eigenvalue weighted by Crippen LogP contribution is -2.45. The molecule has 154 valence electrons. The highest BCUT2D eigenvalue weighted by Crippen LogP contribution is 2.16. The number of hydrogen-bond acceptors (Lipinski definition) is 4. The zero-order chi connectivity index (χ0) is 20.6. The van der Waals surface area contributed by atoms with Crippen LogP contribution < -0.4 is 10.1 Å². The second kappa shape index (κ2) is 10.4. The van der Waals surface area contributed by atoms with Crippen LogP contribution in [0.2, 0.25) is 5.02 Å². The number of carbonyl (C=O) groups is 2. The van der Waals surface area contributed by atoms with Gasteiger partial charge in [-0.05, 0) is 54.8 Å². The van der Waals surface area contributed by atoms with Crippen LogP contribution in [0.5, 0.6) is 5.75 Å². The Morgan fingerprint density at radius 1 is 1.07 bits per heavy atom. The van der Waals surface area contributed by atoms with E-state index in [1.807, 2.05) is 19.1 Å². The number of rotatable bonds is 8. The maximum Gasteiger partial charge on any atom is 0.258 e.